The molecule has 148 valence electrons. The van der Waals surface area contributed by atoms with E-state index in [9.17, 15) is 18.8 Å². The highest BCUT2D eigenvalue weighted by Crippen LogP contribution is 2.34. The van der Waals surface area contributed by atoms with E-state index in [2.05, 4.69) is 5.32 Å². The van der Waals surface area contributed by atoms with Gasteiger partial charge >= 0.3 is 5.97 Å². The Hall–Kier alpha value is -3.26. The fourth-order valence-electron chi connectivity index (χ4n) is 3.36. The summed E-state index contributed by atoms with van der Waals surface area (Å²) in [7, 11) is 0. The highest BCUT2D eigenvalue weighted by molar-refractivity contribution is 7.21. The van der Waals surface area contributed by atoms with Crippen molar-refractivity contribution in [3.63, 3.8) is 0 Å². The molecule has 29 heavy (non-hydrogen) atoms. The third-order valence-electron chi connectivity index (χ3n) is 4.76. The summed E-state index contributed by atoms with van der Waals surface area (Å²) in [5, 5.41) is 3.08. The van der Waals surface area contributed by atoms with Crippen LogP contribution in [0.3, 0.4) is 0 Å². The third-order valence-corrected chi connectivity index (χ3v) is 5.99. The van der Waals surface area contributed by atoms with Crippen LogP contribution in [0, 0.1) is 12.7 Å². The van der Waals surface area contributed by atoms with Gasteiger partial charge in [-0.25, -0.2) is 9.18 Å². The van der Waals surface area contributed by atoms with Gasteiger partial charge in [-0.2, -0.15) is 0 Å². The van der Waals surface area contributed by atoms with Gasteiger partial charge in [-0.15, -0.1) is 11.3 Å². The summed E-state index contributed by atoms with van der Waals surface area (Å²) >= 11 is 1.12. The lowest BCUT2D eigenvalue weighted by Crippen LogP contribution is -2.47. The van der Waals surface area contributed by atoms with E-state index in [1.165, 1.54) is 17.9 Å². The highest BCUT2D eigenvalue weighted by atomic mass is 32.1. The second kappa shape index (κ2) is 7.29. The van der Waals surface area contributed by atoms with E-state index in [-0.39, 0.29) is 17.3 Å². The Morgan fingerprint density at radius 1 is 1.21 bits per heavy atom. The molecule has 2 aromatic carbocycles. The molecule has 1 aliphatic heterocycles. The number of aryl methyl sites for hydroxylation is 1. The first-order valence-electron chi connectivity index (χ1n) is 8.95. The normalized spacial score (nSPS) is 14.3. The van der Waals surface area contributed by atoms with Crippen LogP contribution >= 0.6 is 11.3 Å². The molecule has 0 aliphatic carbocycles. The summed E-state index contributed by atoms with van der Waals surface area (Å²) in [5.41, 5.74) is 1.54. The number of rotatable bonds is 3. The molecule has 8 heteroatoms. The molecule has 1 aromatic heterocycles. The predicted octanol–water partition coefficient (Wildman–Crippen LogP) is 3.88. The van der Waals surface area contributed by atoms with Crippen LogP contribution in [0.5, 0.6) is 0 Å². The zero-order chi connectivity index (χ0) is 20.7. The van der Waals surface area contributed by atoms with Crippen molar-refractivity contribution in [2.24, 2.45) is 0 Å². The van der Waals surface area contributed by atoms with Crippen LogP contribution in [0.15, 0.2) is 42.5 Å². The van der Waals surface area contributed by atoms with Gasteiger partial charge in [0.1, 0.15) is 17.2 Å². The molecule has 1 aliphatic rings. The molecule has 0 spiro atoms. The molecule has 6 nitrogen and oxygen atoms in total. The SMILES string of the molecule is Cc1c(C(=O)O[C@H](C)C(=O)N2CC(=O)Nc3ccccc32)sc2cccc(F)c12. The zero-order valence-corrected chi connectivity index (χ0v) is 16.5. The van der Waals surface area contributed by atoms with Crippen LogP contribution in [0.25, 0.3) is 10.1 Å². The Balaban J connectivity index is 1.57. The minimum Gasteiger partial charge on any atom is -0.448 e. The van der Waals surface area contributed by atoms with Crippen molar-refractivity contribution in [1.82, 2.24) is 0 Å². The van der Waals surface area contributed by atoms with E-state index in [0.717, 1.165) is 11.3 Å². The number of ether oxygens (including phenoxy) is 1. The first-order chi connectivity index (χ1) is 13.9. The van der Waals surface area contributed by atoms with E-state index < -0.39 is 23.8 Å². The maximum absolute atomic E-state index is 14.1. The zero-order valence-electron chi connectivity index (χ0n) is 15.7. The van der Waals surface area contributed by atoms with Crippen LogP contribution in [-0.2, 0) is 14.3 Å². The summed E-state index contributed by atoms with van der Waals surface area (Å²) < 4.78 is 20.1. The summed E-state index contributed by atoms with van der Waals surface area (Å²) in [6.07, 6.45) is -1.11. The van der Waals surface area contributed by atoms with Crippen molar-refractivity contribution >= 4 is 50.6 Å². The number of para-hydroxylation sites is 2. The van der Waals surface area contributed by atoms with Gasteiger partial charge in [0.05, 0.1) is 11.4 Å². The van der Waals surface area contributed by atoms with Crippen molar-refractivity contribution in [2.45, 2.75) is 20.0 Å². The number of hydrogen-bond donors (Lipinski definition) is 1. The largest absolute Gasteiger partial charge is 0.448 e. The van der Waals surface area contributed by atoms with Crippen LogP contribution in [-0.4, -0.2) is 30.4 Å². The average Bonchev–Trinajstić information content (AvgIpc) is 3.04. The van der Waals surface area contributed by atoms with Gasteiger partial charge in [-0.1, -0.05) is 18.2 Å². The van der Waals surface area contributed by atoms with Gasteiger partial charge in [-0.3, -0.25) is 14.5 Å². The fraction of sp³-hybridized carbons (Fsp3) is 0.190. The summed E-state index contributed by atoms with van der Waals surface area (Å²) in [5.74, 6) is -1.94. The first-order valence-corrected chi connectivity index (χ1v) is 9.77. The number of benzene rings is 2. The number of esters is 1. The quantitative estimate of drug-likeness (QED) is 0.663. The molecule has 1 N–H and O–H groups in total. The molecule has 0 saturated carbocycles. The Kier molecular flexibility index (Phi) is 4.79. The van der Waals surface area contributed by atoms with Gasteiger partial charge in [0.2, 0.25) is 5.91 Å². The molecule has 1 atom stereocenters. The fourth-order valence-corrected chi connectivity index (χ4v) is 4.47. The molecule has 0 radical (unpaired) electrons. The van der Waals surface area contributed by atoms with Gasteiger partial charge < -0.3 is 10.1 Å². The smallest absolute Gasteiger partial charge is 0.349 e. The summed E-state index contributed by atoms with van der Waals surface area (Å²) in [4.78, 5) is 39.0. The Morgan fingerprint density at radius 2 is 1.97 bits per heavy atom. The number of carbonyl (C=O) groups excluding carboxylic acids is 3. The minimum atomic E-state index is -1.11. The second-order valence-corrected chi connectivity index (χ2v) is 7.76. The van der Waals surface area contributed by atoms with Crippen molar-refractivity contribution in [1.29, 1.82) is 0 Å². The van der Waals surface area contributed by atoms with E-state index in [4.69, 9.17) is 4.74 Å². The average molecular weight is 412 g/mol. The van der Waals surface area contributed by atoms with Gasteiger partial charge in [0, 0.05) is 10.1 Å². The number of anilines is 2. The Labute approximate surface area is 169 Å². The summed E-state index contributed by atoms with van der Waals surface area (Å²) in [6.45, 7) is 2.94. The molecule has 3 aromatic rings. The molecule has 0 fully saturated rings. The first kappa shape index (κ1) is 19.1. The Morgan fingerprint density at radius 3 is 2.72 bits per heavy atom. The standard InChI is InChI=1S/C21H17FN2O4S/c1-11-18-13(22)6-5-9-16(18)29-19(11)21(27)28-12(2)20(26)24-10-17(25)23-14-7-3-4-8-15(14)24/h3-9,12H,10H2,1-2H3,(H,23,25)/t12-/m1/s1. The number of halogens is 1. The van der Waals surface area contributed by atoms with Crippen LogP contribution in [0.2, 0.25) is 0 Å². The highest BCUT2D eigenvalue weighted by Gasteiger charge is 2.32. The predicted molar refractivity (Wildman–Crippen MR) is 109 cm³/mol. The molecule has 4 rings (SSSR count). The van der Waals surface area contributed by atoms with Crippen LogP contribution < -0.4 is 10.2 Å². The third kappa shape index (κ3) is 3.36. The molecular weight excluding hydrogens is 395 g/mol. The number of nitrogens with one attached hydrogen (secondary N) is 1. The maximum atomic E-state index is 14.1. The number of nitrogens with zero attached hydrogens (tertiary/aromatic N) is 1. The Bertz CT molecular complexity index is 1160. The van der Waals surface area contributed by atoms with E-state index in [1.807, 2.05) is 0 Å². The number of fused-ring (bicyclic) bond motifs is 2. The number of hydrogen-bond acceptors (Lipinski definition) is 5. The van der Waals surface area contributed by atoms with E-state index in [1.54, 1.807) is 43.3 Å². The van der Waals surface area contributed by atoms with Gasteiger partial charge in [0.15, 0.2) is 6.10 Å². The van der Waals surface area contributed by atoms with Crippen molar-refractivity contribution < 1.29 is 23.5 Å². The molecule has 2 heterocycles. The van der Waals surface area contributed by atoms with Crippen molar-refractivity contribution in [3.8, 4) is 0 Å². The lowest BCUT2D eigenvalue weighted by molar-refractivity contribution is -0.128. The maximum Gasteiger partial charge on any atom is 0.349 e. The minimum absolute atomic E-state index is 0.162. The second-order valence-electron chi connectivity index (χ2n) is 6.71. The number of carbonyl (C=O) groups is 3. The van der Waals surface area contributed by atoms with Gasteiger partial charge in [0.25, 0.3) is 5.91 Å². The monoisotopic (exact) mass is 412 g/mol. The molecule has 0 unspecified atom stereocenters. The number of amides is 2. The molecule has 0 bridgehead atoms. The van der Waals surface area contributed by atoms with Gasteiger partial charge in [-0.05, 0) is 43.7 Å². The van der Waals surface area contributed by atoms with Crippen molar-refractivity contribution in [3.05, 3.63) is 58.7 Å². The molecule has 0 saturated heterocycles. The lowest BCUT2D eigenvalue weighted by atomic mass is 10.1. The van der Waals surface area contributed by atoms with Crippen molar-refractivity contribution in [2.75, 3.05) is 16.8 Å². The van der Waals surface area contributed by atoms with E-state index >= 15 is 0 Å². The lowest BCUT2D eigenvalue weighted by Gasteiger charge is -2.30. The van der Waals surface area contributed by atoms with E-state index in [0.29, 0.717) is 27.0 Å². The molecular formula is C21H17FN2O4S. The molecule has 2 amide bonds. The topological polar surface area (TPSA) is 75.7 Å². The van der Waals surface area contributed by atoms with Crippen LogP contribution in [0.4, 0.5) is 15.8 Å². The summed E-state index contributed by atoms with van der Waals surface area (Å²) in [6, 6.07) is 11.5. The number of thiophene rings is 1. The van der Waals surface area contributed by atoms with Crippen LogP contribution in [0.1, 0.15) is 22.2 Å².